The van der Waals surface area contributed by atoms with Gasteiger partial charge in [-0.2, -0.15) is 13.9 Å². The van der Waals surface area contributed by atoms with Gasteiger partial charge in [-0.15, -0.1) is 0 Å². The van der Waals surface area contributed by atoms with E-state index in [4.69, 9.17) is 0 Å². The summed E-state index contributed by atoms with van der Waals surface area (Å²) in [5.74, 6) is -2.47. The minimum Gasteiger partial charge on any atom is -0.389 e. The summed E-state index contributed by atoms with van der Waals surface area (Å²) in [5.41, 5.74) is 0.595. The van der Waals surface area contributed by atoms with Crippen LogP contribution in [0.1, 0.15) is 0 Å². The van der Waals surface area contributed by atoms with Gasteiger partial charge in [0.15, 0.2) is 0 Å². The molecule has 0 amide bonds. The van der Waals surface area contributed by atoms with E-state index in [-0.39, 0.29) is 6.54 Å². The number of aromatic nitrogens is 2. The maximum absolute atomic E-state index is 12.4. The number of thioether (sulfide) groups is 1. The molecule has 2 N–H and O–H groups in total. The number of aliphatic hydroxyl groups is 1. The van der Waals surface area contributed by atoms with Crippen molar-refractivity contribution >= 4 is 17.4 Å². The van der Waals surface area contributed by atoms with Gasteiger partial charge >= 0.3 is 0 Å². The number of anilines is 1. The minimum atomic E-state index is -2.47. The highest BCUT2D eigenvalue weighted by Crippen LogP contribution is 2.31. The van der Waals surface area contributed by atoms with Crippen LogP contribution in [0.4, 0.5) is 14.5 Å². The van der Waals surface area contributed by atoms with Crippen molar-refractivity contribution in [3.63, 3.8) is 0 Å². The fraction of sp³-hybridized carbons (Fsp3) is 0.308. The fourth-order valence-corrected chi connectivity index (χ4v) is 2.34. The van der Waals surface area contributed by atoms with Crippen LogP contribution in [0.5, 0.6) is 0 Å². The van der Waals surface area contributed by atoms with Gasteiger partial charge in [0.2, 0.25) is 0 Å². The number of para-hydroxylation sites is 1. The van der Waals surface area contributed by atoms with Crippen LogP contribution in [0.3, 0.4) is 0 Å². The zero-order chi connectivity index (χ0) is 14.4. The Balaban J connectivity index is 1.90. The van der Waals surface area contributed by atoms with Crippen LogP contribution in [-0.4, -0.2) is 33.3 Å². The third-order valence-corrected chi connectivity index (χ3v) is 3.38. The van der Waals surface area contributed by atoms with Gasteiger partial charge in [0.1, 0.15) is 0 Å². The van der Waals surface area contributed by atoms with Gasteiger partial charge in [-0.3, -0.25) is 4.68 Å². The van der Waals surface area contributed by atoms with E-state index in [1.54, 1.807) is 47.4 Å². The molecule has 20 heavy (non-hydrogen) atoms. The lowest BCUT2D eigenvalue weighted by atomic mass is 10.3. The van der Waals surface area contributed by atoms with Crippen LogP contribution in [0, 0.1) is 0 Å². The average Bonchev–Trinajstić information content (AvgIpc) is 2.90. The average molecular weight is 299 g/mol. The Labute approximate surface area is 119 Å². The Morgan fingerprint density at radius 1 is 1.30 bits per heavy atom. The van der Waals surface area contributed by atoms with E-state index in [2.05, 4.69) is 10.4 Å². The monoisotopic (exact) mass is 299 g/mol. The van der Waals surface area contributed by atoms with E-state index < -0.39 is 11.9 Å². The molecule has 1 unspecified atom stereocenters. The smallest absolute Gasteiger partial charge is 0.288 e. The zero-order valence-corrected chi connectivity index (χ0v) is 11.4. The molecule has 1 aromatic heterocycles. The zero-order valence-electron chi connectivity index (χ0n) is 10.6. The first-order valence-electron chi connectivity index (χ1n) is 6.08. The topological polar surface area (TPSA) is 50.1 Å². The number of hydrogen-bond acceptors (Lipinski definition) is 4. The first-order chi connectivity index (χ1) is 9.65. The Bertz CT molecular complexity index is 522. The predicted octanol–water partition coefficient (Wildman–Crippen LogP) is 2.67. The second-order valence-corrected chi connectivity index (χ2v) is 5.17. The molecule has 1 atom stereocenters. The number of halogens is 2. The first-order valence-corrected chi connectivity index (χ1v) is 6.96. The molecule has 1 heterocycles. The van der Waals surface area contributed by atoms with Crippen molar-refractivity contribution in [1.82, 2.24) is 9.78 Å². The second kappa shape index (κ2) is 7.25. The Kier molecular flexibility index (Phi) is 5.37. The highest BCUT2D eigenvalue weighted by molar-refractivity contribution is 7.99. The van der Waals surface area contributed by atoms with Gasteiger partial charge in [-0.25, -0.2) is 0 Å². The van der Waals surface area contributed by atoms with E-state index in [0.717, 1.165) is 0 Å². The van der Waals surface area contributed by atoms with Crippen LogP contribution in [0.2, 0.25) is 0 Å². The van der Waals surface area contributed by atoms with E-state index in [0.29, 0.717) is 28.9 Å². The van der Waals surface area contributed by atoms with Crippen LogP contribution in [0.25, 0.3) is 0 Å². The standard InChI is InChI=1S/C13H15F2N3OS/c14-13(15)20-12-5-2-1-4-11(12)16-8-10(19)9-18-7-3-6-17-18/h1-7,10,13,16,19H,8-9H2. The molecular formula is C13H15F2N3OS. The summed E-state index contributed by atoms with van der Waals surface area (Å²) in [7, 11) is 0. The number of aliphatic hydroxyl groups excluding tert-OH is 1. The number of rotatable bonds is 7. The van der Waals surface area contributed by atoms with Crippen LogP contribution < -0.4 is 5.32 Å². The highest BCUT2D eigenvalue weighted by atomic mass is 32.2. The number of nitrogens with one attached hydrogen (secondary N) is 1. The number of hydrogen-bond donors (Lipinski definition) is 2. The minimum absolute atomic E-state index is 0.265. The van der Waals surface area contributed by atoms with E-state index in [1.807, 2.05) is 0 Å². The SMILES string of the molecule is OC(CNc1ccccc1SC(F)F)Cn1cccn1. The van der Waals surface area contributed by atoms with Crippen molar-refractivity contribution in [2.75, 3.05) is 11.9 Å². The third kappa shape index (κ3) is 4.50. The van der Waals surface area contributed by atoms with E-state index >= 15 is 0 Å². The number of alkyl halides is 2. The molecule has 0 fully saturated rings. The molecule has 0 aliphatic rings. The predicted molar refractivity (Wildman–Crippen MR) is 75.0 cm³/mol. The normalized spacial score (nSPS) is 12.6. The van der Waals surface area contributed by atoms with Gasteiger partial charge in [-0.1, -0.05) is 23.9 Å². The van der Waals surface area contributed by atoms with Crippen molar-refractivity contribution in [1.29, 1.82) is 0 Å². The molecule has 108 valence electrons. The number of benzene rings is 1. The first kappa shape index (κ1) is 14.8. The van der Waals surface area contributed by atoms with E-state index in [1.165, 1.54) is 0 Å². The lowest BCUT2D eigenvalue weighted by Gasteiger charge is -2.15. The Morgan fingerprint density at radius 2 is 2.10 bits per heavy atom. The summed E-state index contributed by atoms with van der Waals surface area (Å²) < 4.78 is 26.5. The van der Waals surface area contributed by atoms with Gasteiger partial charge in [0.05, 0.1) is 12.6 Å². The largest absolute Gasteiger partial charge is 0.389 e. The number of nitrogens with zero attached hydrogens (tertiary/aromatic N) is 2. The Morgan fingerprint density at radius 3 is 2.80 bits per heavy atom. The van der Waals surface area contributed by atoms with Crippen molar-refractivity contribution in [3.8, 4) is 0 Å². The van der Waals surface area contributed by atoms with Crippen LogP contribution in [0.15, 0.2) is 47.6 Å². The van der Waals surface area contributed by atoms with Crippen molar-refractivity contribution in [3.05, 3.63) is 42.7 Å². The highest BCUT2D eigenvalue weighted by Gasteiger charge is 2.11. The molecule has 0 saturated heterocycles. The lowest BCUT2D eigenvalue weighted by Crippen LogP contribution is -2.25. The molecule has 1 aromatic carbocycles. The maximum Gasteiger partial charge on any atom is 0.288 e. The molecule has 0 bridgehead atoms. The molecule has 2 rings (SSSR count). The van der Waals surface area contributed by atoms with E-state index in [9.17, 15) is 13.9 Å². The van der Waals surface area contributed by atoms with Gasteiger partial charge < -0.3 is 10.4 Å². The summed E-state index contributed by atoms with van der Waals surface area (Å²) >= 11 is 0.487. The van der Waals surface area contributed by atoms with Gasteiger partial charge in [-0.05, 0) is 18.2 Å². The Hall–Kier alpha value is -1.60. The molecule has 4 nitrogen and oxygen atoms in total. The molecule has 0 radical (unpaired) electrons. The summed E-state index contributed by atoms with van der Waals surface area (Å²) in [6.07, 6.45) is 2.73. The molecule has 7 heteroatoms. The van der Waals surface area contributed by atoms with Crippen molar-refractivity contribution < 1.29 is 13.9 Å². The molecular weight excluding hydrogens is 284 g/mol. The third-order valence-electron chi connectivity index (χ3n) is 2.59. The molecule has 0 aliphatic heterocycles. The van der Waals surface area contributed by atoms with Crippen molar-refractivity contribution in [2.45, 2.75) is 23.3 Å². The van der Waals surface area contributed by atoms with Crippen molar-refractivity contribution in [2.24, 2.45) is 0 Å². The summed E-state index contributed by atoms with van der Waals surface area (Å²) in [6, 6.07) is 8.58. The molecule has 0 spiro atoms. The maximum atomic E-state index is 12.4. The summed E-state index contributed by atoms with van der Waals surface area (Å²) in [6.45, 7) is 0.616. The van der Waals surface area contributed by atoms with Gasteiger partial charge in [0.25, 0.3) is 5.76 Å². The summed E-state index contributed by atoms with van der Waals surface area (Å²) in [5, 5.41) is 16.9. The van der Waals surface area contributed by atoms with Crippen LogP contribution in [-0.2, 0) is 6.54 Å². The summed E-state index contributed by atoms with van der Waals surface area (Å²) in [4.78, 5) is 0.466. The van der Waals surface area contributed by atoms with Gasteiger partial charge in [0, 0.05) is 29.5 Å². The fourth-order valence-electron chi connectivity index (χ4n) is 1.73. The molecule has 0 saturated carbocycles. The second-order valence-electron chi connectivity index (χ2n) is 4.14. The molecule has 0 aliphatic carbocycles. The quantitative estimate of drug-likeness (QED) is 0.772. The lowest BCUT2D eigenvalue weighted by molar-refractivity contribution is 0.161. The molecule has 2 aromatic rings. The van der Waals surface area contributed by atoms with Crippen LogP contribution >= 0.6 is 11.8 Å².